The Labute approximate surface area is 115 Å². The summed E-state index contributed by atoms with van der Waals surface area (Å²) in [6.07, 6.45) is 0. The zero-order valence-electron chi connectivity index (χ0n) is 11.0. The number of hydrogen-bond donors (Lipinski definition) is 2. The number of benzene rings is 2. The normalized spacial score (nSPS) is 11.2. The van der Waals surface area contributed by atoms with Crippen LogP contribution in [0.15, 0.2) is 36.4 Å². The molecule has 2 aromatic carbocycles. The highest BCUT2D eigenvalue weighted by molar-refractivity contribution is 5.81. The molecule has 0 unspecified atom stereocenters. The number of hydrogen-bond acceptors (Lipinski definition) is 3. The summed E-state index contributed by atoms with van der Waals surface area (Å²) in [6, 6.07) is 10.1. The van der Waals surface area contributed by atoms with Crippen LogP contribution >= 0.6 is 0 Å². The van der Waals surface area contributed by atoms with Crippen molar-refractivity contribution >= 4 is 16.7 Å². The lowest BCUT2D eigenvalue weighted by molar-refractivity contribution is 0.270. The Bertz CT molecular complexity index is 795. The second-order valence-electron chi connectivity index (χ2n) is 4.72. The summed E-state index contributed by atoms with van der Waals surface area (Å²) in [5.74, 6) is 0.0246. The van der Waals surface area contributed by atoms with E-state index in [4.69, 9.17) is 5.73 Å². The fraction of sp³-hybridized carbons (Fsp3) is 0.133. The molecule has 0 radical (unpaired) electrons. The molecule has 0 aliphatic rings. The molecule has 3 aromatic rings. The van der Waals surface area contributed by atoms with Crippen LogP contribution in [0.1, 0.15) is 11.4 Å². The van der Waals surface area contributed by atoms with E-state index in [0.717, 1.165) is 5.56 Å². The Morgan fingerprint density at radius 2 is 2.05 bits per heavy atom. The largest absolute Gasteiger partial charge is 0.399 e. The highest BCUT2D eigenvalue weighted by Crippen LogP contribution is 2.25. The molecule has 0 bridgehead atoms. The summed E-state index contributed by atoms with van der Waals surface area (Å²) in [5.41, 5.74) is 8.97. The number of fused-ring (bicyclic) bond motifs is 1. The third kappa shape index (κ3) is 1.92. The molecular weight excluding hydrogens is 257 g/mol. The summed E-state index contributed by atoms with van der Waals surface area (Å²) in [4.78, 5) is 4.31. The van der Waals surface area contributed by atoms with Crippen LogP contribution in [0, 0.1) is 12.7 Å². The van der Waals surface area contributed by atoms with Gasteiger partial charge in [-0.3, -0.25) is 4.57 Å². The average molecular weight is 271 g/mol. The first-order valence-corrected chi connectivity index (χ1v) is 6.24. The minimum Gasteiger partial charge on any atom is -0.399 e. The Hall–Kier alpha value is -2.40. The number of aromatic nitrogens is 2. The van der Waals surface area contributed by atoms with E-state index in [-0.39, 0.29) is 12.4 Å². The van der Waals surface area contributed by atoms with Gasteiger partial charge in [0.2, 0.25) is 0 Å². The number of aliphatic hydroxyl groups excluding tert-OH is 1. The zero-order chi connectivity index (χ0) is 14.3. The van der Waals surface area contributed by atoms with Crippen molar-refractivity contribution in [3.63, 3.8) is 0 Å². The van der Waals surface area contributed by atoms with E-state index in [0.29, 0.717) is 28.2 Å². The van der Waals surface area contributed by atoms with E-state index in [9.17, 15) is 9.50 Å². The van der Waals surface area contributed by atoms with Gasteiger partial charge in [0.05, 0.1) is 16.7 Å². The predicted octanol–water partition coefficient (Wildman–Crippen LogP) is 2.55. The van der Waals surface area contributed by atoms with Crippen molar-refractivity contribution in [2.45, 2.75) is 13.5 Å². The van der Waals surface area contributed by atoms with Crippen LogP contribution in [0.2, 0.25) is 0 Å². The Morgan fingerprint density at radius 3 is 2.80 bits per heavy atom. The van der Waals surface area contributed by atoms with Crippen LogP contribution in [0.25, 0.3) is 16.7 Å². The molecule has 0 atom stereocenters. The van der Waals surface area contributed by atoms with E-state index in [2.05, 4.69) is 4.98 Å². The van der Waals surface area contributed by atoms with Crippen molar-refractivity contribution in [2.75, 3.05) is 5.73 Å². The molecule has 3 rings (SSSR count). The Kier molecular flexibility index (Phi) is 2.91. The third-order valence-corrected chi connectivity index (χ3v) is 3.23. The lowest BCUT2D eigenvalue weighted by atomic mass is 10.2. The molecule has 0 saturated carbocycles. The number of nitrogens with two attached hydrogens (primary N) is 1. The van der Waals surface area contributed by atoms with Crippen molar-refractivity contribution in [3.05, 3.63) is 53.6 Å². The van der Waals surface area contributed by atoms with Gasteiger partial charge in [0.25, 0.3) is 0 Å². The fourth-order valence-electron chi connectivity index (χ4n) is 2.32. The van der Waals surface area contributed by atoms with Crippen LogP contribution in [0.4, 0.5) is 10.1 Å². The first-order chi connectivity index (χ1) is 9.60. The summed E-state index contributed by atoms with van der Waals surface area (Å²) in [6.45, 7) is 1.61. The van der Waals surface area contributed by atoms with E-state index < -0.39 is 0 Å². The molecule has 0 fully saturated rings. The molecule has 1 heterocycles. The van der Waals surface area contributed by atoms with E-state index in [1.54, 1.807) is 34.9 Å². The zero-order valence-corrected chi connectivity index (χ0v) is 11.0. The van der Waals surface area contributed by atoms with Crippen molar-refractivity contribution in [3.8, 4) is 5.69 Å². The molecule has 0 amide bonds. The van der Waals surface area contributed by atoms with E-state index in [1.807, 2.05) is 6.92 Å². The van der Waals surface area contributed by atoms with Gasteiger partial charge in [0.15, 0.2) is 0 Å². The van der Waals surface area contributed by atoms with Crippen LogP contribution in [-0.2, 0) is 6.61 Å². The quantitative estimate of drug-likeness (QED) is 0.704. The third-order valence-electron chi connectivity index (χ3n) is 3.23. The number of nitrogens with zero attached hydrogens (tertiary/aromatic N) is 2. The van der Waals surface area contributed by atoms with Gasteiger partial charge < -0.3 is 10.8 Å². The minimum atomic E-state index is -0.360. The SMILES string of the molecule is Cc1ccc(F)c(-n2c(CO)nc3cc(N)ccc32)c1. The maximum Gasteiger partial charge on any atom is 0.147 e. The molecule has 0 aliphatic heterocycles. The summed E-state index contributed by atoms with van der Waals surface area (Å²) in [5, 5.41) is 9.47. The van der Waals surface area contributed by atoms with Crippen LogP contribution < -0.4 is 5.73 Å². The highest BCUT2D eigenvalue weighted by atomic mass is 19.1. The first-order valence-electron chi connectivity index (χ1n) is 6.24. The van der Waals surface area contributed by atoms with Gasteiger partial charge in [0.1, 0.15) is 18.2 Å². The smallest absolute Gasteiger partial charge is 0.147 e. The van der Waals surface area contributed by atoms with Crippen molar-refractivity contribution < 1.29 is 9.50 Å². The molecule has 0 saturated heterocycles. The number of aryl methyl sites for hydroxylation is 1. The number of imidazole rings is 1. The molecule has 20 heavy (non-hydrogen) atoms. The van der Waals surface area contributed by atoms with Crippen LogP contribution in [0.3, 0.4) is 0 Å². The maximum atomic E-state index is 14.1. The van der Waals surface area contributed by atoms with Gasteiger partial charge in [-0.25, -0.2) is 9.37 Å². The lowest BCUT2D eigenvalue weighted by Gasteiger charge is -2.10. The van der Waals surface area contributed by atoms with Crippen molar-refractivity contribution in [2.24, 2.45) is 0 Å². The number of aliphatic hydroxyl groups is 1. The summed E-state index contributed by atoms with van der Waals surface area (Å²) < 4.78 is 15.7. The average Bonchev–Trinajstić information content (AvgIpc) is 2.78. The molecule has 102 valence electrons. The van der Waals surface area contributed by atoms with Crippen molar-refractivity contribution in [1.29, 1.82) is 0 Å². The molecular formula is C15H14FN3O. The fourth-order valence-corrected chi connectivity index (χ4v) is 2.32. The van der Waals surface area contributed by atoms with Gasteiger partial charge in [-0.15, -0.1) is 0 Å². The number of halogens is 1. The molecule has 1 aromatic heterocycles. The van der Waals surface area contributed by atoms with Crippen LogP contribution in [0.5, 0.6) is 0 Å². The number of nitrogen functional groups attached to an aromatic ring is 1. The lowest BCUT2D eigenvalue weighted by Crippen LogP contribution is -2.04. The summed E-state index contributed by atoms with van der Waals surface area (Å²) >= 11 is 0. The predicted molar refractivity (Wildman–Crippen MR) is 76.1 cm³/mol. The monoisotopic (exact) mass is 271 g/mol. The molecule has 0 spiro atoms. The number of rotatable bonds is 2. The molecule has 0 aliphatic carbocycles. The first kappa shape index (κ1) is 12.6. The van der Waals surface area contributed by atoms with Gasteiger partial charge in [-0.2, -0.15) is 0 Å². The Morgan fingerprint density at radius 1 is 1.25 bits per heavy atom. The molecule has 3 N–H and O–H groups in total. The second-order valence-corrected chi connectivity index (χ2v) is 4.72. The standard InChI is InChI=1S/C15H14FN3O/c1-9-2-4-11(16)14(6-9)19-13-5-3-10(17)7-12(13)18-15(19)8-20/h2-7,20H,8,17H2,1H3. The number of anilines is 1. The minimum absolute atomic E-state index is 0.276. The van der Waals surface area contributed by atoms with Gasteiger partial charge in [-0.1, -0.05) is 6.07 Å². The molecule has 4 nitrogen and oxygen atoms in total. The van der Waals surface area contributed by atoms with Gasteiger partial charge >= 0.3 is 0 Å². The molecule has 5 heteroatoms. The highest BCUT2D eigenvalue weighted by Gasteiger charge is 2.15. The van der Waals surface area contributed by atoms with Gasteiger partial charge in [0, 0.05) is 5.69 Å². The van der Waals surface area contributed by atoms with Crippen LogP contribution in [-0.4, -0.2) is 14.7 Å². The summed E-state index contributed by atoms with van der Waals surface area (Å²) in [7, 11) is 0. The maximum absolute atomic E-state index is 14.1. The van der Waals surface area contributed by atoms with E-state index in [1.165, 1.54) is 6.07 Å². The second kappa shape index (κ2) is 4.61. The Balaban J connectivity index is 2.37. The van der Waals surface area contributed by atoms with Gasteiger partial charge in [-0.05, 0) is 42.8 Å². The van der Waals surface area contributed by atoms with E-state index >= 15 is 0 Å². The topological polar surface area (TPSA) is 64.1 Å². The van der Waals surface area contributed by atoms with Crippen molar-refractivity contribution in [1.82, 2.24) is 9.55 Å².